The van der Waals surface area contributed by atoms with Gasteiger partial charge in [-0.3, -0.25) is 0 Å². The van der Waals surface area contributed by atoms with Crippen LogP contribution in [0.2, 0.25) is 0 Å². The predicted octanol–water partition coefficient (Wildman–Crippen LogP) is 1.58. The highest BCUT2D eigenvalue weighted by Crippen LogP contribution is 2.23. The van der Waals surface area contributed by atoms with Gasteiger partial charge in [0, 0.05) is 12.6 Å². The molecule has 0 heterocycles. The third-order valence-corrected chi connectivity index (χ3v) is 3.81. The van der Waals surface area contributed by atoms with Crippen molar-refractivity contribution in [3.05, 3.63) is 0 Å². The molecule has 1 rings (SSSR count). The molecule has 20 heavy (non-hydrogen) atoms. The monoisotopic (exact) mass is 286 g/mol. The number of hydrogen-bond acceptors (Lipinski definition) is 3. The average Bonchev–Trinajstić information content (AvgIpc) is 2.93. The number of aliphatic hydroxyl groups excluding tert-OH is 1. The molecule has 0 aromatic rings. The number of carbonyl (C=O) groups excluding carboxylic acids is 1. The second kappa shape index (κ2) is 8.79. The van der Waals surface area contributed by atoms with Crippen molar-refractivity contribution in [2.24, 2.45) is 0 Å². The Kier molecular flexibility index (Phi) is 7.36. The van der Waals surface area contributed by atoms with E-state index >= 15 is 0 Å². The first-order chi connectivity index (χ1) is 9.60. The van der Waals surface area contributed by atoms with Crippen LogP contribution in [0.15, 0.2) is 0 Å². The second-order valence-electron chi connectivity index (χ2n) is 5.34. The van der Waals surface area contributed by atoms with E-state index in [4.69, 9.17) is 10.2 Å². The van der Waals surface area contributed by atoms with Gasteiger partial charge in [-0.1, -0.05) is 32.6 Å². The van der Waals surface area contributed by atoms with E-state index in [0.717, 1.165) is 38.5 Å². The fraction of sp³-hybridized carbons (Fsp3) is 0.857. The Bertz CT molecular complexity index is 316. The number of aliphatic carboxylic acids is 1. The van der Waals surface area contributed by atoms with Gasteiger partial charge in [0.25, 0.3) is 0 Å². The number of rotatable bonds is 8. The van der Waals surface area contributed by atoms with Crippen LogP contribution in [0.3, 0.4) is 0 Å². The zero-order valence-electron chi connectivity index (χ0n) is 12.2. The molecule has 1 fully saturated rings. The molecule has 0 aliphatic heterocycles. The van der Waals surface area contributed by atoms with Crippen molar-refractivity contribution in [2.45, 2.75) is 64.0 Å². The molecule has 1 aliphatic carbocycles. The lowest BCUT2D eigenvalue weighted by molar-refractivity contribution is -0.139. The zero-order valence-corrected chi connectivity index (χ0v) is 12.2. The van der Waals surface area contributed by atoms with Crippen molar-refractivity contribution in [1.29, 1.82) is 0 Å². The van der Waals surface area contributed by atoms with E-state index < -0.39 is 12.0 Å². The molecule has 0 aromatic carbocycles. The van der Waals surface area contributed by atoms with Gasteiger partial charge in [-0.2, -0.15) is 0 Å². The SMILES string of the molecule is CCCCC(NC(=O)N(CCO)C1CCCC1)C(=O)O. The summed E-state index contributed by atoms with van der Waals surface area (Å²) in [6, 6.07) is -1.08. The summed E-state index contributed by atoms with van der Waals surface area (Å²) in [4.78, 5) is 25.0. The number of nitrogens with one attached hydrogen (secondary N) is 1. The normalized spacial score (nSPS) is 16.9. The Morgan fingerprint density at radius 2 is 2.00 bits per heavy atom. The van der Waals surface area contributed by atoms with Gasteiger partial charge in [0.1, 0.15) is 6.04 Å². The number of nitrogens with zero attached hydrogens (tertiary/aromatic N) is 1. The molecule has 1 saturated carbocycles. The van der Waals surface area contributed by atoms with Crippen LogP contribution in [0.1, 0.15) is 51.9 Å². The fourth-order valence-corrected chi connectivity index (χ4v) is 2.67. The smallest absolute Gasteiger partial charge is 0.326 e. The molecule has 116 valence electrons. The van der Waals surface area contributed by atoms with E-state index in [-0.39, 0.29) is 25.2 Å². The van der Waals surface area contributed by atoms with E-state index in [1.807, 2.05) is 6.92 Å². The highest BCUT2D eigenvalue weighted by Gasteiger charge is 2.29. The Hall–Kier alpha value is -1.30. The first kappa shape index (κ1) is 16.8. The molecule has 1 aliphatic rings. The summed E-state index contributed by atoms with van der Waals surface area (Å²) in [5, 5.41) is 20.8. The van der Waals surface area contributed by atoms with Gasteiger partial charge in [0.2, 0.25) is 0 Å². The van der Waals surface area contributed by atoms with Gasteiger partial charge in [-0.25, -0.2) is 9.59 Å². The molecule has 1 unspecified atom stereocenters. The number of aliphatic hydroxyl groups is 1. The van der Waals surface area contributed by atoms with Gasteiger partial charge < -0.3 is 20.4 Å². The van der Waals surface area contributed by atoms with Gasteiger partial charge in [0.15, 0.2) is 0 Å². The highest BCUT2D eigenvalue weighted by atomic mass is 16.4. The molecule has 6 nitrogen and oxygen atoms in total. The summed E-state index contributed by atoms with van der Waals surface area (Å²) in [5.74, 6) is -0.998. The van der Waals surface area contributed by atoms with Crippen molar-refractivity contribution >= 4 is 12.0 Å². The maximum Gasteiger partial charge on any atom is 0.326 e. The molecule has 0 radical (unpaired) electrons. The van der Waals surface area contributed by atoms with Crippen molar-refractivity contribution in [3.63, 3.8) is 0 Å². The van der Waals surface area contributed by atoms with Gasteiger partial charge in [-0.05, 0) is 19.3 Å². The van der Waals surface area contributed by atoms with E-state index in [2.05, 4.69) is 5.32 Å². The van der Waals surface area contributed by atoms with Gasteiger partial charge in [-0.15, -0.1) is 0 Å². The maximum atomic E-state index is 12.2. The van der Waals surface area contributed by atoms with Crippen molar-refractivity contribution in [3.8, 4) is 0 Å². The van der Waals surface area contributed by atoms with Crippen LogP contribution in [0.5, 0.6) is 0 Å². The molecule has 1 atom stereocenters. The van der Waals surface area contributed by atoms with E-state index in [0.29, 0.717) is 6.42 Å². The number of carbonyl (C=O) groups is 2. The Balaban J connectivity index is 2.60. The molecular formula is C14H26N2O4. The summed E-state index contributed by atoms with van der Waals surface area (Å²) in [5.41, 5.74) is 0. The minimum atomic E-state index is -0.998. The lowest BCUT2D eigenvalue weighted by Crippen LogP contribution is -2.51. The molecule has 0 bridgehead atoms. The van der Waals surface area contributed by atoms with Crippen LogP contribution >= 0.6 is 0 Å². The van der Waals surface area contributed by atoms with Crippen LogP contribution in [-0.4, -0.2) is 52.3 Å². The Labute approximate surface area is 120 Å². The zero-order chi connectivity index (χ0) is 15.0. The molecule has 0 aromatic heterocycles. The van der Waals surface area contributed by atoms with Crippen molar-refractivity contribution in [2.75, 3.05) is 13.2 Å². The van der Waals surface area contributed by atoms with Crippen LogP contribution in [0.4, 0.5) is 4.79 Å². The molecule has 0 spiro atoms. The fourth-order valence-electron chi connectivity index (χ4n) is 2.67. The number of carboxylic acids is 1. The first-order valence-corrected chi connectivity index (χ1v) is 7.51. The van der Waals surface area contributed by atoms with Gasteiger partial charge >= 0.3 is 12.0 Å². The predicted molar refractivity (Wildman–Crippen MR) is 75.5 cm³/mol. The van der Waals surface area contributed by atoms with Crippen molar-refractivity contribution in [1.82, 2.24) is 10.2 Å². The van der Waals surface area contributed by atoms with E-state index in [9.17, 15) is 9.59 Å². The molecule has 2 amide bonds. The minimum absolute atomic E-state index is 0.101. The standard InChI is InChI=1S/C14H26N2O4/c1-2-3-8-12(13(18)19)15-14(20)16(9-10-17)11-6-4-5-7-11/h11-12,17H,2-10H2,1H3,(H,15,20)(H,18,19). The van der Waals surface area contributed by atoms with Crippen LogP contribution in [0.25, 0.3) is 0 Å². The topological polar surface area (TPSA) is 89.9 Å². The third kappa shape index (κ3) is 5.00. The minimum Gasteiger partial charge on any atom is -0.480 e. The quantitative estimate of drug-likeness (QED) is 0.632. The van der Waals surface area contributed by atoms with Crippen LogP contribution < -0.4 is 5.32 Å². The summed E-state index contributed by atoms with van der Waals surface area (Å²) in [7, 11) is 0. The summed E-state index contributed by atoms with van der Waals surface area (Å²) < 4.78 is 0. The molecule has 6 heteroatoms. The third-order valence-electron chi connectivity index (χ3n) is 3.81. The maximum absolute atomic E-state index is 12.2. The lowest BCUT2D eigenvalue weighted by Gasteiger charge is -2.29. The number of carboxylic acid groups (broad SMARTS) is 1. The van der Waals surface area contributed by atoms with Gasteiger partial charge in [0.05, 0.1) is 6.61 Å². The van der Waals surface area contributed by atoms with Crippen LogP contribution in [-0.2, 0) is 4.79 Å². The number of amides is 2. The number of unbranched alkanes of at least 4 members (excludes halogenated alkanes) is 1. The summed E-state index contributed by atoms with van der Waals surface area (Å²) >= 11 is 0. The van der Waals surface area contributed by atoms with E-state index in [1.165, 1.54) is 0 Å². The largest absolute Gasteiger partial charge is 0.480 e. The Morgan fingerprint density at radius 3 is 2.50 bits per heavy atom. The lowest BCUT2D eigenvalue weighted by atomic mass is 10.1. The molecular weight excluding hydrogens is 260 g/mol. The first-order valence-electron chi connectivity index (χ1n) is 7.51. The number of hydrogen-bond donors (Lipinski definition) is 3. The van der Waals surface area contributed by atoms with Crippen LogP contribution in [0, 0.1) is 0 Å². The summed E-state index contributed by atoms with van der Waals surface area (Å²) in [6.45, 7) is 2.14. The average molecular weight is 286 g/mol. The highest BCUT2D eigenvalue weighted by molar-refractivity contribution is 5.82. The number of urea groups is 1. The van der Waals surface area contributed by atoms with E-state index in [1.54, 1.807) is 4.90 Å². The molecule has 3 N–H and O–H groups in total. The molecule has 0 saturated heterocycles. The second-order valence-corrected chi connectivity index (χ2v) is 5.34. The summed E-state index contributed by atoms with van der Waals surface area (Å²) in [6.07, 6.45) is 6.12. The van der Waals surface area contributed by atoms with Crippen molar-refractivity contribution < 1.29 is 19.8 Å². The Morgan fingerprint density at radius 1 is 1.35 bits per heavy atom.